The monoisotopic (exact) mass is 336 g/mol. The molecule has 1 aliphatic carbocycles. The van der Waals surface area contributed by atoms with E-state index in [1.54, 1.807) is 0 Å². The molecule has 1 aliphatic heterocycles. The Balaban J connectivity index is 1.79. The molecule has 2 fully saturated rings. The van der Waals surface area contributed by atoms with Crippen LogP contribution >= 0.6 is 11.6 Å². The SMILES string of the molecule is CC(C)(C)OC(=O)C1CCC2(CNN2)C(c2ccc(Cl)cc2)C1. The summed E-state index contributed by atoms with van der Waals surface area (Å²) in [5, 5.41) is 0.738. The zero-order chi connectivity index (χ0) is 16.7. The molecule has 4 nitrogen and oxygen atoms in total. The van der Waals surface area contributed by atoms with Gasteiger partial charge in [-0.25, -0.2) is 5.43 Å². The summed E-state index contributed by atoms with van der Waals surface area (Å²) in [5.74, 6) is 0.175. The average molecular weight is 337 g/mol. The molecule has 3 atom stereocenters. The fourth-order valence-corrected chi connectivity index (χ4v) is 3.79. The van der Waals surface area contributed by atoms with Crippen molar-refractivity contribution in [3.05, 3.63) is 34.9 Å². The Morgan fingerprint density at radius 1 is 1.30 bits per heavy atom. The molecule has 126 valence electrons. The Kier molecular flexibility index (Phi) is 4.43. The zero-order valence-electron chi connectivity index (χ0n) is 14.0. The van der Waals surface area contributed by atoms with E-state index in [1.807, 2.05) is 32.9 Å². The van der Waals surface area contributed by atoms with Gasteiger partial charge in [-0.05, 0) is 57.7 Å². The predicted octanol–water partition coefficient (Wildman–Crippen LogP) is 3.41. The number of nitrogens with one attached hydrogen (secondary N) is 2. The van der Waals surface area contributed by atoms with Crippen LogP contribution in [0.25, 0.3) is 0 Å². The van der Waals surface area contributed by atoms with Crippen LogP contribution in [0.2, 0.25) is 5.02 Å². The normalized spacial score (nSPS) is 30.8. The molecule has 3 unspecified atom stereocenters. The Morgan fingerprint density at radius 2 is 1.96 bits per heavy atom. The van der Waals surface area contributed by atoms with Crippen molar-refractivity contribution in [1.29, 1.82) is 0 Å². The molecule has 1 spiro atoms. The van der Waals surface area contributed by atoms with Crippen molar-refractivity contribution in [1.82, 2.24) is 10.9 Å². The first-order valence-corrected chi connectivity index (χ1v) is 8.65. The van der Waals surface area contributed by atoms with Gasteiger partial charge in [0.2, 0.25) is 0 Å². The molecule has 23 heavy (non-hydrogen) atoms. The van der Waals surface area contributed by atoms with E-state index < -0.39 is 5.60 Å². The maximum Gasteiger partial charge on any atom is 0.309 e. The van der Waals surface area contributed by atoms with E-state index in [9.17, 15) is 4.79 Å². The molecule has 1 saturated heterocycles. The summed E-state index contributed by atoms with van der Waals surface area (Å²) in [6, 6.07) is 8.00. The van der Waals surface area contributed by atoms with Crippen molar-refractivity contribution >= 4 is 17.6 Å². The van der Waals surface area contributed by atoms with Crippen LogP contribution in [-0.2, 0) is 9.53 Å². The van der Waals surface area contributed by atoms with Crippen LogP contribution < -0.4 is 10.9 Å². The van der Waals surface area contributed by atoms with Gasteiger partial charge in [0, 0.05) is 17.5 Å². The minimum absolute atomic E-state index is 0.0390. The van der Waals surface area contributed by atoms with Crippen LogP contribution in [0.4, 0.5) is 0 Å². The summed E-state index contributed by atoms with van der Waals surface area (Å²) >= 11 is 6.02. The lowest BCUT2D eigenvalue weighted by Gasteiger charge is -2.53. The second-order valence-electron chi connectivity index (χ2n) is 7.74. The van der Waals surface area contributed by atoms with E-state index in [0.717, 1.165) is 30.8 Å². The lowest BCUT2D eigenvalue weighted by atomic mass is 9.65. The maximum absolute atomic E-state index is 12.5. The lowest BCUT2D eigenvalue weighted by molar-refractivity contribution is -0.162. The Labute approximate surface area is 142 Å². The largest absolute Gasteiger partial charge is 0.460 e. The van der Waals surface area contributed by atoms with Gasteiger partial charge in [0.25, 0.3) is 0 Å². The van der Waals surface area contributed by atoms with Gasteiger partial charge in [-0.2, -0.15) is 0 Å². The van der Waals surface area contributed by atoms with Gasteiger partial charge in [0.1, 0.15) is 5.60 Å². The van der Waals surface area contributed by atoms with E-state index in [2.05, 4.69) is 23.0 Å². The number of hydrazine groups is 1. The summed E-state index contributed by atoms with van der Waals surface area (Å²) in [5.41, 5.74) is 7.42. The molecule has 1 saturated carbocycles. The molecule has 1 aromatic carbocycles. The first-order valence-electron chi connectivity index (χ1n) is 8.27. The molecule has 5 heteroatoms. The number of benzene rings is 1. The van der Waals surface area contributed by atoms with E-state index in [1.165, 1.54) is 5.56 Å². The number of carbonyl (C=O) groups excluding carboxylic acids is 1. The van der Waals surface area contributed by atoms with Crippen LogP contribution in [0, 0.1) is 5.92 Å². The van der Waals surface area contributed by atoms with Gasteiger partial charge in [-0.15, -0.1) is 0 Å². The van der Waals surface area contributed by atoms with Crippen molar-refractivity contribution in [2.45, 2.75) is 57.1 Å². The van der Waals surface area contributed by atoms with Crippen LogP contribution in [0.3, 0.4) is 0 Å². The second-order valence-corrected chi connectivity index (χ2v) is 8.18. The van der Waals surface area contributed by atoms with E-state index in [0.29, 0.717) is 0 Å². The Morgan fingerprint density at radius 3 is 2.48 bits per heavy atom. The molecular formula is C18H25ClN2O2. The smallest absolute Gasteiger partial charge is 0.309 e. The van der Waals surface area contributed by atoms with Crippen LogP contribution in [-0.4, -0.2) is 23.7 Å². The molecule has 0 amide bonds. The van der Waals surface area contributed by atoms with Gasteiger partial charge < -0.3 is 4.74 Å². The Hall–Kier alpha value is -1.10. The average Bonchev–Trinajstić information content (AvgIpc) is 2.44. The number of esters is 1. The molecule has 3 rings (SSSR count). The van der Waals surface area contributed by atoms with Crippen molar-refractivity contribution in [3.8, 4) is 0 Å². The molecular weight excluding hydrogens is 312 g/mol. The summed E-state index contributed by atoms with van der Waals surface area (Å²) < 4.78 is 5.60. The highest BCUT2D eigenvalue weighted by atomic mass is 35.5. The van der Waals surface area contributed by atoms with E-state index in [4.69, 9.17) is 16.3 Å². The summed E-state index contributed by atoms with van der Waals surface area (Å²) in [6.45, 7) is 6.69. The fourth-order valence-electron chi connectivity index (χ4n) is 3.66. The van der Waals surface area contributed by atoms with Crippen LogP contribution in [0.1, 0.15) is 51.5 Å². The van der Waals surface area contributed by atoms with Gasteiger partial charge in [-0.1, -0.05) is 23.7 Å². The second kappa shape index (κ2) is 6.08. The third kappa shape index (κ3) is 3.54. The molecule has 2 aliphatic rings. The van der Waals surface area contributed by atoms with Crippen LogP contribution in [0.5, 0.6) is 0 Å². The van der Waals surface area contributed by atoms with E-state index >= 15 is 0 Å². The molecule has 2 N–H and O–H groups in total. The van der Waals surface area contributed by atoms with Crippen molar-refractivity contribution in [2.24, 2.45) is 5.92 Å². The lowest BCUT2D eigenvalue weighted by Crippen LogP contribution is -2.73. The van der Waals surface area contributed by atoms with Crippen molar-refractivity contribution in [3.63, 3.8) is 0 Å². The topological polar surface area (TPSA) is 50.4 Å². The van der Waals surface area contributed by atoms with Crippen molar-refractivity contribution in [2.75, 3.05) is 6.54 Å². The fraction of sp³-hybridized carbons (Fsp3) is 0.611. The highest BCUT2D eigenvalue weighted by molar-refractivity contribution is 6.30. The van der Waals surface area contributed by atoms with Gasteiger partial charge >= 0.3 is 5.97 Å². The number of carbonyl (C=O) groups is 1. The summed E-state index contributed by atoms with van der Waals surface area (Å²) in [7, 11) is 0. The Bertz CT molecular complexity index is 576. The van der Waals surface area contributed by atoms with Gasteiger partial charge in [0.05, 0.1) is 11.5 Å². The number of halogens is 1. The quantitative estimate of drug-likeness (QED) is 0.813. The summed E-state index contributed by atoms with van der Waals surface area (Å²) in [6.07, 6.45) is 2.65. The minimum Gasteiger partial charge on any atom is -0.460 e. The molecule has 1 heterocycles. The van der Waals surface area contributed by atoms with Crippen molar-refractivity contribution < 1.29 is 9.53 Å². The first kappa shape index (κ1) is 16.7. The predicted molar refractivity (Wildman–Crippen MR) is 91.2 cm³/mol. The van der Waals surface area contributed by atoms with E-state index in [-0.39, 0.29) is 23.3 Å². The van der Waals surface area contributed by atoms with Gasteiger partial charge in [0.15, 0.2) is 0 Å². The minimum atomic E-state index is -0.432. The standard InChI is InChI=1S/C18H25ClN2O2/c1-17(2,3)23-16(22)13-8-9-18(11-20-21-18)15(10-13)12-4-6-14(19)7-5-12/h4-7,13,15,20-21H,8-11H2,1-3H3. The zero-order valence-corrected chi connectivity index (χ0v) is 14.7. The number of hydrogen-bond donors (Lipinski definition) is 2. The molecule has 0 aromatic heterocycles. The van der Waals surface area contributed by atoms with Gasteiger partial charge in [-0.3, -0.25) is 10.2 Å². The molecule has 0 radical (unpaired) electrons. The third-order valence-corrected chi connectivity index (χ3v) is 5.13. The van der Waals surface area contributed by atoms with Crippen LogP contribution in [0.15, 0.2) is 24.3 Å². The first-order chi connectivity index (χ1) is 10.8. The highest BCUT2D eigenvalue weighted by Gasteiger charge is 2.50. The maximum atomic E-state index is 12.5. The number of ether oxygens (including phenoxy) is 1. The molecule has 0 bridgehead atoms. The number of hydrogen-bond acceptors (Lipinski definition) is 4. The molecule has 1 aromatic rings. The number of rotatable bonds is 2. The third-order valence-electron chi connectivity index (χ3n) is 4.88. The summed E-state index contributed by atoms with van der Waals surface area (Å²) in [4.78, 5) is 12.5. The highest BCUT2D eigenvalue weighted by Crippen LogP contribution is 2.45.